The highest BCUT2D eigenvalue weighted by atomic mass is 35.5. The summed E-state index contributed by atoms with van der Waals surface area (Å²) in [5.41, 5.74) is 7.14. The van der Waals surface area contributed by atoms with E-state index in [1.807, 2.05) is 0 Å². The lowest BCUT2D eigenvalue weighted by Gasteiger charge is -2.11. The van der Waals surface area contributed by atoms with Crippen molar-refractivity contribution in [3.63, 3.8) is 0 Å². The van der Waals surface area contributed by atoms with E-state index in [1.54, 1.807) is 18.2 Å². The van der Waals surface area contributed by atoms with Crippen molar-refractivity contribution in [3.8, 4) is 0 Å². The Morgan fingerprint density at radius 1 is 1.47 bits per heavy atom. The summed E-state index contributed by atoms with van der Waals surface area (Å²) < 4.78 is 0. The largest absolute Gasteiger partial charge is 0.389 e. The Kier molecular flexibility index (Phi) is 4.61. The number of anilines is 1. The molecule has 0 saturated heterocycles. The lowest BCUT2D eigenvalue weighted by molar-refractivity contribution is -0.120. The summed E-state index contributed by atoms with van der Waals surface area (Å²) >= 11 is 10.9. The van der Waals surface area contributed by atoms with Crippen LogP contribution in [0, 0.1) is 0 Å². The minimum atomic E-state index is 0.0638. The number of nitrogens with one attached hydrogen (secondary N) is 2. The molecule has 0 aromatic heterocycles. The third-order valence-corrected chi connectivity index (χ3v) is 3.31. The zero-order chi connectivity index (χ0) is 13.8. The van der Waals surface area contributed by atoms with Crippen molar-refractivity contribution in [2.45, 2.75) is 25.3 Å². The van der Waals surface area contributed by atoms with Crippen LogP contribution < -0.4 is 16.4 Å². The Morgan fingerprint density at radius 2 is 2.21 bits per heavy atom. The third-order valence-electron chi connectivity index (χ3n) is 2.86. The molecule has 2 rings (SSSR count). The molecule has 6 heteroatoms. The summed E-state index contributed by atoms with van der Waals surface area (Å²) in [6.45, 7) is 0.522. The maximum atomic E-state index is 11.5. The summed E-state index contributed by atoms with van der Waals surface area (Å²) in [5.74, 6) is 0.0638. The lowest BCUT2D eigenvalue weighted by Crippen LogP contribution is -2.27. The molecule has 19 heavy (non-hydrogen) atoms. The quantitative estimate of drug-likeness (QED) is 0.703. The number of thiocarbonyl (C=S) groups is 1. The van der Waals surface area contributed by atoms with Crippen molar-refractivity contribution in [1.29, 1.82) is 0 Å². The van der Waals surface area contributed by atoms with E-state index < -0.39 is 0 Å². The second-order valence-electron chi connectivity index (χ2n) is 4.57. The molecule has 0 spiro atoms. The molecule has 102 valence electrons. The van der Waals surface area contributed by atoms with Crippen LogP contribution in [-0.2, 0) is 4.79 Å². The van der Waals surface area contributed by atoms with Gasteiger partial charge in [-0.05, 0) is 31.0 Å². The maximum absolute atomic E-state index is 11.5. The average molecular weight is 298 g/mol. The molecular weight excluding hydrogens is 282 g/mol. The van der Waals surface area contributed by atoms with Crippen LogP contribution in [0.3, 0.4) is 0 Å². The topological polar surface area (TPSA) is 67.1 Å². The van der Waals surface area contributed by atoms with Crippen LogP contribution in [-0.4, -0.2) is 23.5 Å². The van der Waals surface area contributed by atoms with Crippen LogP contribution in [0.25, 0.3) is 0 Å². The van der Waals surface area contributed by atoms with Gasteiger partial charge in [-0.1, -0.05) is 23.8 Å². The van der Waals surface area contributed by atoms with Gasteiger partial charge in [0, 0.05) is 35.3 Å². The number of nitrogens with two attached hydrogens (primary N) is 1. The molecule has 1 fully saturated rings. The summed E-state index contributed by atoms with van der Waals surface area (Å²) in [4.78, 5) is 11.8. The van der Waals surface area contributed by atoms with Gasteiger partial charge >= 0.3 is 0 Å². The Bertz CT molecular complexity index is 503. The molecular formula is C13H16ClN3OS. The van der Waals surface area contributed by atoms with E-state index >= 15 is 0 Å². The van der Waals surface area contributed by atoms with Crippen molar-refractivity contribution < 1.29 is 4.79 Å². The van der Waals surface area contributed by atoms with E-state index in [2.05, 4.69) is 10.6 Å². The van der Waals surface area contributed by atoms with Gasteiger partial charge in [-0.25, -0.2) is 0 Å². The standard InChI is InChI=1S/C13H16ClN3OS/c14-8-1-4-10(13(15)19)11(7-8)16-6-5-12(18)17-9-2-3-9/h1,4,7,9,16H,2-3,5-6H2,(H2,15,19)(H,17,18). The Morgan fingerprint density at radius 3 is 2.84 bits per heavy atom. The zero-order valence-electron chi connectivity index (χ0n) is 10.4. The second-order valence-corrected chi connectivity index (χ2v) is 5.45. The van der Waals surface area contributed by atoms with Gasteiger partial charge in [-0.2, -0.15) is 0 Å². The molecule has 0 radical (unpaired) electrons. The number of carbonyl (C=O) groups excluding carboxylic acids is 1. The second kappa shape index (κ2) is 6.21. The van der Waals surface area contributed by atoms with Gasteiger partial charge in [0.05, 0.1) is 0 Å². The summed E-state index contributed by atoms with van der Waals surface area (Å²) in [5, 5.41) is 6.68. The van der Waals surface area contributed by atoms with E-state index in [9.17, 15) is 4.79 Å². The first-order valence-corrected chi connectivity index (χ1v) is 6.97. The zero-order valence-corrected chi connectivity index (χ0v) is 12.0. The normalized spacial score (nSPS) is 13.9. The van der Waals surface area contributed by atoms with Crippen LogP contribution >= 0.6 is 23.8 Å². The molecule has 0 unspecified atom stereocenters. The Labute approximate surface area is 122 Å². The van der Waals surface area contributed by atoms with Gasteiger partial charge in [-0.3, -0.25) is 4.79 Å². The minimum Gasteiger partial charge on any atom is -0.389 e. The van der Waals surface area contributed by atoms with Gasteiger partial charge < -0.3 is 16.4 Å². The molecule has 1 aromatic carbocycles. The first kappa shape index (κ1) is 14.1. The molecule has 1 aliphatic carbocycles. The molecule has 1 aliphatic rings. The summed E-state index contributed by atoms with van der Waals surface area (Å²) in [6.07, 6.45) is 2.61. The van der Waals surface area contributed by atoms with Crippen molar-refractivity contribution >= 4 is 40.4 Å². The summed E-state index contributed by atoms with van der Waals surface area (Å²) in [6, 6.07) is 5.67. The van der Waals surface area contributed by atoms with Gasteiger partial charge in [-0.15, -0.1) is 0 Å². The molecule has 1 amide bonds. The summed E-state index contributed by atoms with van der Waals surface area (Å²) in [7, 11) is 0. The number of rotatable bonds is 6. The monoisotopic (exact) mass is 297 g/mol. The highest BCUT2D eigenvalue weighted by Gasteiger charge is 2.22. The average Bonchev–Trinajstić information content (AvgIpc) is 3.12. The van der Waals surface area contributed by atoms with Crippen molar-refractivity contribution in [3.05, 3.63) is 28.8 Å². The molecule has 1 saturated carbocycles. The molecule has 4 nitrogen and oxygen atoms in total. The number of hydrogen-bond acceptors (Lipinski definition) is 3. The fraction of sp³-hybridized carbons (Fsp3) is 0.385. The highest BCUT2D eigenvalue weighted by molar-refractivity contribution is 7.80. The number of benzene rings is 1. The third kappa shape index (κ3) is 4.36. The minimum absolute atomic E-state index is 0.0638. The van der Waals surface area contributed by atoms with E-state index in [0.717, 1.165) is 24.1 Å². The molecule has 0 bridgehead atoms. The Hall–Kier alpha value is -1.33. The molecule has 0 aliphatic heterocycles. The van der Waals surface area contributed by atoms with Gasteiger partial charge in [0.1, 0.15) is 4.99 Å². The van der Waals surface area contributed by atoms with Crippen molar-refractivity contribution in [2.24, 2.45) is 5.73 Å². The number of carbonyl (C=O) groups is 1. The van der Waals surface area contributed by atoms with Crippen molar-refractivity contribution in [1.82, 2.24) is 5.32 Å². The fourth-order valence-electron chi connectivity index (χ4n) is 1.72. The van der Waals surface area contributed by atoms with Crippen LogP contribution in [0.1, 0.15) is 24.8 Å². The lowest BCUT2D eigenvalue weighted by atomic mass is 10.1. The number of amides is 1. The number of halogens is 1. The van der Waals surface area contributed by atoms with E-state index in [4.69, 9.17) is 29.6 Å². The SMILES string of the molecule is NC(=S)c1ccc(Cl)cc1NCCC(=O)NC1CC1. The van der Waals surface area contributed by atoms with Crippen LogP contribution in [0.4, 0.5) is 5.69 Å². The maximum Gasteiger partial charge on any atom is 0.221 e. The Balaban J connectivity index is 1.88. The van der Waals surface area contributed by atoms with Crippen LogP contribution in [0.2, 0.25) is 5.02 Å². The first-order valence-electron chi connectivity index (χ1n) is 6.19. The van der Waals surface area contributed by atoms with E-state index in [-0.39, 0.29) is 5.91 Å². The molecule has 0 heterocycles. The first-order chi connectivity index (χ1) is 9.06. The van der Waals surface area contributed by atoms with Gasteiger partial charge in [0.25, 0.3) is 0 Å². The molecule has 4 N–H and O–H groups in total. The smallest absolute Gasteiger partial charge is 0.221 e. The molecule has 1 aromatic rings. The van der Waals surface area contributed by atoms with Crippen molar-refractivity contribution in [2.75, 3.05) is 11.9 Å². The van der Waals surface area contributed by atoms with Crippen LogP contribution in [0.15, 0.2) is 18.2 Å². The van der Waals surface area contributed by atoms with E-state index in [1.165, 1.54) is 0 Å². The fourth-order valence-corrected chi connectivity index (χ4v) is 2.07. The predicted molar refractivity (Wildman–Crippen MR) is 81.6 cm³/mol. The van der Waals surface area contributed by atoms with E-state index in [0.29, 0.717) is 29.0 Å². The molecule has 0 atom stereocenters. The number of hydrogen-bond donors (Lipinski definition) is 3. The van der Waals surface area contributed by atoms with Crippen LogP contribution in [0.5, 0.6) is 0 Å². The predicted octanol–water partition coefficient (Wildman–Crippen LogP) is 2.05. The van der Waals surface area contributed by atoms with Gasteiger partial charge in [0.15, 0.2) is 0 Å². The highest BCUT2D eigenvalue weighted by Crippen LogP contribution is 2.21. The van der Waals surface area contributed by atoms with Gasteiger partial charge in [0.2, 0.25) is 5.91 Å².